The van der Waals surface area contributed by atoms with E-state index in [1.165, 1.54) is 0 Å². The van der Waals surface area contributed by atoms with E-state index in [0.29, 0.717) is 18.3 Å². The van der Waals surface area contributed by atoms with Gasteiger partial charge in [0.15, 0.2) is 5.82 Å². The fourth-order valence-electron chi connectivity index (χ4n) is 5.53. The predicted octanol–water partition coefficient (Wildman–Crippen LogP) is 5.76. The van der Waals surface area contributed by atoms with Gasteiger partial charge in [0.1, 0.15) is 5.69 Å². The number of aryl methyl sites for hydroxylation is 1. The van der Waals surface area contributed by atoms with Gasteiger partial charge in [0.05, 0.1) is 30.0 Å². The summed E-state index contributed by atoms with van der Waals surface area (Å²) in [6.07, 6.45) is 15.2. The van der Waals surface area contributed by atoms with E-state index < -0.39 is 0 Å². The molecule has 4 aromatic heterocycles. The molecule has 0 unspecified atom stereocenters. The molecule has 12 nitrogen and oxygen atoms in total. The van der Waals surface area contributed by atoms with Crippen LogP contribution >= 0.6 is 0 Å². The number of urea groups is 1. The second-order valence-electron chi connectivity index (χ2n) is 12.9. The topological polar surface area (TPSA) is 132 Å². The molecule has 1 fully saturated rings. The number of nitrogens with zero attached hydrogens (tertiary/aromatic N) is 9. The van der Waals surface area contributed by atoms with Crippen molar-refractivity contribution < 1.29 is 4.79 Å². The summed E-state index contributed by atoms with van der Waals surface area (Å²) in [5.74, 6) is 1.15. The number of hydrogen-bond donors (Lipinski definition) is 2. The molecular weight excluding hydrogens is 554 g/mol. The second kappa shape index (κ2) is 13.1. The highest BCUT2D eigenvalue weighted by molar-refractivity contribution is 5.91. The van der Waals surface area contributed by atoms with Gasteiger partial charge in [-0.05, 0) is 57.4 Å². The number of hydrogen-bond acceptors (Lipinski definition) is 8. The van der Waals surface area contributed by atoms with Crippen LogP contribution in [0.15, 0.2) is 43.2 Å². The summed E-state index contributed by atoms with van der Waals surface area (Å²) in [7, 11) is 1.87. The first-order valence-corrected chi connectivity index (χ1v) is 15.6. The van der Waals surface area contributed by atoms with Crippen LogP contribution in [0.3, 0.4) is 0 Å². The summed E-state index contributed by atoms with van der Waals surface area (Å²) in [5.41, 5.74) is 4.24. The standard InChI is InChI=1S/C32H45N11O/c1-8-14-33-31(44)43(28-19-34-27(18-35-28)22-16-37-41(7)20-22)24-11-9-23(10-12-24)38-30-36-17-25(32(4,5)6)29(39-30)26-13-15-42(40-26)21(2)3/h13,15-21,23-24H,8-12,14H2,1-7H3,(H,33,44)(H,36,38,39). The third kappa shape index (κ3) is 7.06. The van der Waals surface area contributed by atoms with Crippen molar-refractivity contribution in [1.82, 2.24) is 44.8 Å². The number of nitrogens with one attached hydrogen (secondary N) is 2. The average Bonchev–Trinajstić information content (AvgIpc) is 3.67. The predicted molar refractivity (Wildman–Crippen MR) is 172 cm³/mol. The molecule has 0 spiro atoms. The van der Waals surface area contributed by atoms with Crippen LogP contribution < -0.4 is 15.5 Å². The van der Waals surface area contributed by atoms with Gasteiger partial charge >= 0.3 is 6.03 Å². The van der Waals surface area contributed by atoms with Crippen LogP contribution in [0.25, 0.3) is 22.6 Å². The Hall–Kier alpha value is -4.35. The molecule has 1 aliphatic rings. The molecule has 4 aromatic rings. The van der Waals surface area contributed by atoms with E-state index in [-0.39, 0.29) is 29.6 Å². The minimum absolute atomic E-state index is 0.00296. The van der Waals surface area contributed by atoms with Crippen molar-refractivity contribution in [3.63, 3.8) is 0 Å². The molecule has 0 radical (unpaired) electrons. The number of carbonyl (C=O) groups is 1. The molecule has 44 heavy (non-hydrogen) atoms. The van der Waals surface area contributed by atoms with Crippen LogP contribution in [0, 0.1) is 0 Å². The van der Waals surface area contributed by atoms with Gasteiger partial charge in [-0.3, -0.25) is 19.2 Å². The van der Waals surface area contributed by atoms with Crippen LogP contribution in [0.4, 0.5) is 16.6 Å². The van der Waals surface area contributed by atoms with E-state index >= 15 is 0 Å². The van der Waals surface area contributed by atoms with Gasteiger partial charge in [-0.2, -0.15) is 10.2 Å². The van der Waals surface area contributed by atoms with Gasteiger partial charge in [-0.15, -0.1) is 0 Å². The lowest BCUT2D eigenvalue weighted by Crippen LogP contribution is -2.49. The maximum absolute atomic E-state index is 13.4. The Morgan fingerprint density at radius 1 is 1.05 bits per heavy atom. The van der Waals surface area contributed by atoms with E-state index in [4.69, 9.17) is 15.1 Å². The minimum atomic E-state index is -0.140. The van der Waals surface area contributed by atoms with E-state index in [1.807, 2.05) is 43.3 Å². The van der Waals surface area contributed by atoms with Crippen LogP contribution in [0.2, 0.25) is 0 Å². The Bertz CT molecular complexity index is 1540. The molecule has 2 N–H and O–H groups in total. The van der Waals surface area contributed by atoms with Crippen molar-refractivity contribution in [2.75, 3.05) is 16.8 Å². The number of amides is 2. The largest absolute Gasteiger partial charge is 0.351 e. The fourth-order valence-corrected chi connectivity index (χ4v) is 5.53. The highest BCUT2D eigenvalue weighted by atomic mass is 16.2. The Morgan fingerprint density at radius 2 is 1.82 bits per heavy atom. The van der Waals surface area contributed by atoms with Crippen LogP contribution in [-0.4, -0.2) is 64.2 Å². The van der Waals surface area contributed by atoms with Gasteiger partial charge in [-0.25, -0.2) is 19.7 Å². The summed E-state index contributed by atoms with van der Waals surface area (Å²) in [5, 5.41) is 15.6. The van der Waals surface area contributed by atoms with E-state index in [2.05, 4.69) is 60.3 Å². The van der Waals surface area contributed by atoms with Crippen LogP contribution in [0.5, 0.6) is 0 Å². The molecule has 0 bridgehead atoms. The molecule has 234 valence electrons. The van der Waals surface area contributed by atoms with Crippen molar-refractivity contribution in [2.45, 2.75) is 97.2 Å². The van der Waals surface area contributed by atoms with Crippen LogP contribution in [-0.2, 0) is 12.5 Å². The molecule has 0 atom stereocenters. The van der Waals surface area contributed by atoms with Gasteiger partial charge in [-0.1, -0.05) is 27.7 Å². The van der Waals surface area contributed by atoms with E-state index in [9.17, 15) is 4.79 Å². The van der Waals surface area contributed by atoms with Crippen LogP contribution in [0.1, 0.15) is 85.3 Å². The Labute approximate surface area is 259 Å². The quantitative estimate of drug-likeness (QED) is 0.248. The normalized spacial score (nSPS) is 17.1. The van der Waals surface area contributed by atoms with Gasteiger partial charge in [0.25, 0.3) is 0 Å². The SMILES string of the molecule is CCCNC(=O)N(c1cnc(-c2cnn(C)c2)cn1)C1CCC(Nc2ncc(C(C)(C)C)c(-c3ccn(C(C)C)n3)n2)CC1. The molecule has 12 heteroatoms. The average molecular weight is 600 g/mol. The lowest BCUT2D eigenvalue weighted by molar-refractivity contribution is 0.240. The lowest BCUT2D eigenvalue weighted by Gasteiger charge is -2.36. The summed E-state index contributed by atoms with van der Waals surface area (Å²) >= 11 is 0. The molecular formula is C32H45N11O. The zero-order valence-electron chi connectivity index (χ0n) is 26.9. The highest BCUT2D eigenvalue weighted by Crippen LogP contribution is 2.33. The van der Waals surface area contributed by atoms with Crippen molar-refractivity contribution in [1.29, 1.82) is 0 Å². The summed E-state index contributed by atoms with van der Waals surface area (Å²) in [6, 6.07) is 2.34. The summed E-state index contributed by atoms with van der Waals surface area (Å²) < 4.78 is 3.68. The number of aromatic nitrogens is 8. The van der Waals surface area contributed by atoms with Crippen molar-refractivity contribution >= 4 is 17.8 Å². The highest BCUT2D eigenvalue weighted by Gasteiger charge is 2.32. The molecule has 1 saturated carbocycles. The molecule has 0 saturated heterocycles. The Morgan fingerprint density at radius 3 is 2.41 bits per heavy atom. The molecule has 0 aromatic carbocycles. The first-order chi connectivity index (χ1) is 21.0. The first kappa shape index (κ1) is 31.1. The molecule has 5 rings (SSSR count). The van der Waals surface area contributed by atoms with Crippen molar-refractivity contribution in [3.8, 4) is 22.6 Å². The van der Waals surface area contributed by atoms with Crippen molar-refractivity contribution in [3.05, 3.63) is 48.8 Å². The minimum Gasteiger partial charge on any atom is -0.351 e. The Kier molecular flexibility index (Phi) is 9.26. The summed E-state index contributed by atoms with van der Waals surface area (Å²) in [4.78, 5) is 34.1. The smallest absolute Gasteiger partial charge is 0.323 e. The van der Waals surface area contributed by atoms with E-state index in [1.54, 1.807) is 28.2 Å². The van der Waals surface area contributed by atoms with Gasteiger partial charge in [0, 0.05) is 61.4 Å². The summed E-state index contributed by atoms with van der Waals surface area (Å²) in [6.45, 7) is 13.4. The monoisotopic (exact) mass is 599 g/mol. The molecule has 2 amide bonds. The molecule has 0 aliphatic heterocycles. The van der Waals surface area contributed by atoms with Crippen molar-refractivity contribution in [2.24, 2.45) is 7.05 Å². The lowest BCUT2D eigenvalue weighted by atomic mass is 9.86. The Balaban J connectivity index is 1.30. The maximum Gasteiger partial charge on any atom is 0.323 e. The van der Waals surface area contributed by atoms with E-state index in [0.717, 1.165) is 60.3 Å². The molecule has 4 heterocycles. The number of carbonyl (C=O) groups excluding carboxylic acids is 1. The number of rotatable bonds is 9. The molecule has 1 aliphatic carbocycles. The van der Waals surface area contributed by atoms with Gasteiger partial charge in [0.2, 0.25) is 5.95 Å². The number of anilines is 2. The fraction of sp³-hybridized carbons (Fsp3) is 0.531. The third-order valence-corrected chi connectivity index (χ3v) is 8.00. The maximum atomic E-state index is 13.4. The zero-order chi connectivity index (χ0) is 31.4. The third-order valence-electron chi connectivity index (χ3n) is 8.00. The first-order valence-electron chi connectivity index (χ1n) is 15.6. The zero-order valence-corrected chi connectivity index (χ0v) is 26.9. The van der Waals surface area contributed by atoms with Gasteiger partial charge < -0.3 is 10.6 Å². The second-order valence-corrected chi connectivity index (χ2v) is 12.9.